The van der Waals surface area contributed by atoms with Gasteiger partial charge in [-0.3, -0.25) is 9.52 Å². The maximum absolute atomic E-state index is 13.0. The Morgan fingerprint density at radius 1 is 0.767 bits per heavy atom. The monoisotopic (exact) mass is 420 g/mol. The standard InChI is InChI=1S/C23H17FN2O3S/c24-18-10-8-17(9-11-18)23(27)25-19-12-14-20(15-13-19)30(28,29)26-22-7-3-5-16-4-1-2-6-21(16)22/h1-15,26H,(H,25,27). The number of anilines is 2. The first kappa shape index (κ1) is 19.6. The summed E-state index contributed by atoms with van der Waals surface area (Å²) in [6, 6.07) is 23.9. The Balaban J connectivity index is 1.52. The van der Waals surface area contributed by atoms with Gasteiger partial charge in [0, 0.05) is 16.6 Å². The van der Waals surface area contributed by atoms with E-state index in [0.717, 1.165) is 10.8 Å². The van der Waals surface area contributed by atoms with Gasteiger partial charge in [0.2, 0.25) is 0 Å². The van der Waals surface area contributed by atoms with Crippen molar-refractivity contribution in [1.29, 1.82) is 0 Å². The van der Waals surface area contributed by atoms with Gasteiger partial charge in [-0.1, -0.05) is 36.4 Å². The SMILES string of the molecule is O=C(Nc1ccc(S(=O)(=O)Nc2cccc3ccccc23)cc1)c1ccc(F)cc1. The molecule has 4 aromatic rings. The van der Waals surface area contributed by atoms with Crippen molar-refractivity contribution in [3.05, 3.63) is 102 Å². The Hall–Kier alpha value is -3.71. The summed E-state index contributed by atoms with van der Waals surface area (Å²) in [6.07, 6.45) is 0. The Morgan fingerprint density at radius 3 is 2.17 bits per heavy atom. The van der Waals surface area contributed by atoms with E-state index in [0.29, 0.717) is 16.9 Å². The molecule has 0 aromatic heterocycles. The van der Waals surface area contributed by atoms with Crippen LogP contribution in [-0.4, -0.2) is 14.3 Å². The second kappa shape index (κ2) is 7.96. The van der Waals surface area contributed by atoms with E-state index < -0.39 is 21.7 Å². The lowest BCUT2D eigenvalue weighted by atomic mass is 10.1. The zero-order valence-electron chi connectivity index (χ0n) is 15.7. The van der Waals surface area contributed by atoms with Crippen LogP contribution in [0.25, 0.3) is 10.8 Å². The number of benzene rings is 4. The van der Waals surface area contributed by atoms with E-state index in [-0.39, 0.29) is 4.90 Å². The quantitative estimate of drug-likeness (QED) is 0.475. The third-order valence-electron chi connectivity index (χ3n) is 4.56. The number of carbonyl (C=O) groups is 1. The normalized spacial score (nSPS) is 11.2. The molecule has 0 unspecified atom stereocenters. The third-order valence-corrected chi connectivity index (χ3v) is 5.94. The van der Waals surface area contributed by atoms with E-state index >= 15 is 0 Å². The number of hydrogen-bond acceptors (Lipinski definition) is 3. The van der Waals surface area contributed by atoms with Crippen LogP contribution in [0.5, 0.6) is 0 Å². The molecule has 0 bridgehead atoms. The molecule has 0 saturated carbocycles. The van der Waals surface area contributed by atoms with Crippen LogP contribution in [0.4, 0.5) is 15.8 Å². The van der Waals surface area contributed by atoms with E-state index in [1.165, 1.54) is 48.5 Å². The highest BCUT2D eigenvalue weighted by atomic mass is 32.2. The maximum Gasteiger partial charge on any atom is 0.261 e. The second-order valence-corrected chi connectivity index (χ2v) is 8.30. The van der Waals surface area contributed by atoms with Crippen LogP contribution in [0, 0.1) is 5.82 Å². The molecule has 0 atom stereocenters. The van der Waals surface area contributed by atoms with Gasteiger partial charge in [-0.15, -0.1) is 0 Å². The molecule has 5 nitrogen and oxygen atoms in total. The average molecular weight is 420 g/mol. The van der Waals surface area contributed by atoms with Crippen molar-refractivity contribution in [2.24, 2.45) is 0 Å². The summed E-state index contributed by atoms with van der Waals surface area (Å²) < 4.78 is 41.2. The van der Waals surface area contributed by atoms with Gasteiger partial charge in [0.15, 0.2) is 0 Å². The summed E-state index contributed by atoms with van der Waals surface area (Å²) in [6.45, 7) is 0. The summed E-state index contributed by atoms with van der Waals surface area (Å²) in [5.41, 5.74) is 1.21. The zero-order valence-corrected chi connectivity index (χ0v) is 16.5. The van der Waals surface area contributed by atoms with Crippen LogP contribution in [0.1, 0.15) is 10.4 Å². The molecular formula is C23H17FN2O3S. The lowest BCUT2D eigenvalue weighted by Gasteiger charge is -2.11. The first-order chi connectivity index (χ1) is 14.4. The van der Waals surface area contributed by atoms with E-state index in [9.17, 15) is 17.6 Å². The van der Waals surface area contributed by atoms with Gasteiger partial charge < -0.3 is 5.32 Å². The molecule has 30 heavy (non-hydrogen) atoms. The fourth-order valence-electron chi connectivity index (χ4n) is 3.04. The van der Waals surface area contributed by atoms with Crippen molar-refractivity contribution in [3.63, 3.8) is 0 Å². The highest BCUT2D eigenvalue weighted by molar-refractivity contribution is 7.92. The van der Waals surface area contributed by atoms with Gasteiger partial charge in [-0.2, -0.15) is 0 Å². The Kier molecular flexibility index (Phi) is 5.20. The van der Waals surface area contributed by atoms with Gasteiger partial charge >= 0.3 is 0 Å². The fourth-order valence-corrected chi connectivity index (χ4v) is 4.12. The molecule has 0 heterocycles. The number of sulfonamides is 1. The predicted octanol–water partition coefficient (Wildman–Crippen LogP) is 5.03. The Labute approximate surface area is 173 Å². The van der Waals surface area contributed by atoms with Crippen molar-refractivity contribution in [2.75, 3.05) is 10.0 Å². The van der Waals surface area contributed by atoms with Crippen LogP contribution in [0.2, 0.25) is 0 Å². The van der Waals surface area contributed by atoms with Crippen molar-refractivity contribution in [2.45, 2.75) is 4.90 Å². The zero-order chi connectivity index (χ0) is 21.1. The van der Waals surface area contributed by atoms with Crippen molar-refractivity contribution >= 4 is 38.1 Å². The number of amides is 1. The summed E-state index contributed by atoms with van der Waals surface area (Å²) in [5, 5.41) is 4.38. The van der Waals surface area contributed by atoms with Gasteiger partial charge in [0.05, 0.1) is 10.6 Å². The van der Waals surface area contributed by atoms with E-state index in [2.05, 4.69) is 10.0 Å². The molecule has 4 rings (SSSR count). The molecule has 150 valence electrons. The lowest BCUT2D eigenvalue weighted by Crippen LogP contribution is -2.14. The van der Waals surface area contributed by atoms with Crippen molar-refractivity contribution in [3.8, 4) is 0 Å². The molecule has 7 heteroatoms. The average Bonchev–Trinajstić information content (AvgIpc) is 2.75. The highest BCUT2D eigenvalue weighted by Gasteiger charge is 2.16. The molecule has 0 saturated heterocycles. The molecule has 4 aromatic carbocycles. The number of hydrogen-bond donors (Lipinski definition) is 2. The minimum atomic E-state index is -3.81. The largest absolute Gasteiger partial charge is 0.322 e. The third kappa shape index (κ3) is 4.16. The maximum atomic E-state index is 13.0. The van der Waals surface area contributed by atoms with E-state index in [1.807, 2.05) is 30.3 Å². The van der Waals surface area contributed by atoms with E-state index in [1.54, 1.807) is 12.1 Å². The first-order valence-corrected chi connectivity index (χ1v) is 10.6. The summed E-state index contributed by atoms with van der Waals surface area (Å²) in [4.78, 5) is 12.3. The number of fused-ring (bicyclic) bond motifs is 1. The Bertz CT molecular complexity index is 1310. The van der Waals surface area contributed by atoms with Crippen LogP contribution in [0.15, 0.2) is 95.9 Å². The molecule has 0 radical (unpaired) electrons. The predicted molar refractivity (Wildman–Crippen MR) is 116 cm³/mol. The van der Waals surface area contributed by atoms with Crippen molar-refractivity contribution < 1.29 is 17.6 Å². The number of nitrogens with one attached hydrogen (secondary N) is 2. The van der Waals surface area contributed by atoms with Crippen LogP contribution < -0.4 is 10.0 Å². The summed E-state index contributed by atoms with van der Waals surface area (Å²) in [5.74, 6) is -0.848. The van der Waals surface area contributed by atoms with E-state index in [4.69, 9.17) is 0 Å². The molecule has 1 amide bonds. The Morgan fingerprint density at radius 2 is 1.43 bits per heavy atom. The topological polar surface area (TPSA) is 75.3 Å². The number of carbonyl (C=O) groups excluding carboxylic acids is 1. The van der Waals surface area contributed by atoms with Crippen molar-refractivity contribution in [1.82, 2.24) is 0 Å². The lowest BCUT2D eigenvalue weighted by molar-refractivity contribution is 0.102. The molecule has 0 aliphatic heterocycles. The molecular weight excluding hydrogens is 403 g/mol. The van der Waals surface area contributed by atoms with Crippen LogP contribution in [0.3, 0.4) is 0 Å². The summed E-state index contributed by atoms with van der Waals surface area (Å²) >= 11 is 0. The molecule has 2 N–H and O–H groups in total. The molecule has 0 aliphatic rings. The van der Waals surface area contributed by atoms with Crippen LogP contribution in [-0.2, 0) is 10.0 Å². The highest BCUT2D eigenvalue weighted by Crippen LogP contribution is 2.26. The van der Waals surface area contributed by atoms with Gasteiger partial charge in [-0.25, -0.2) is 12.8 Å². The molecule has 0 aliphatic carbocycles. The molecule has 0 fully saturated rings. The second-order valence-electron chi connectivity index (χ2n) is 6.62. The fraction of sp³-hybridized carbons (Fsp3) is 0. The smallest absolute Gasteiger partial charge is 0.261 e. The minimum Gasteiger partial charge on any atom is -0.322 e. The van der Waals surface area contributed by atoms with Gasteiger partial charge in [-0.05, 0) is 60.0 Å². The number of rotatable bonds is 5. The number of halogens is 1. The first-order valence-electron chi connectivity index (χ1n) is 9.10. The molecule has 0 spiro atoms. The van der Waals surface area contributed by atoms with Crippen LogP contribution >= 0.6 is 0 Å². The minimum absolute atomic E-state index is 0.0650. The van der Waals surface area contributed by atoms with Gasteiger partial charge in [0.1, 0.15) is 5.82 Å². The summed E-state index contributed by atoms with van der Waals surface area (Å²) in [7, 11) is -3.81. The van der Waals surface area contributed by atoms with Gasteiger partial charge in [0.25, 0.3) is 15.9 Å².